The fraction of sp³-hybridized carbons (Fsp3) is 0.412. The van der Waals surface area contributed by atoms with Crippen molar-refractivity contribution in [2.75, 3.05) is 13.7 Å². The molecule has 0 amide bonds. The molecule has 0 aliphatic carbocycles. The summed E-state index contributed by atoms with van der Waals surface area (Å²) in [5, 5.41) is 0. The minimum Gasteiger partial charge on any atom is -0.497 e. The fourth-order valence-electron chi connectivity index (χ4n) is 3.59. The molecule has 0 bridgehead atoms. The van der Waals surface area contributed by atoms with E-state index in [1.807, 2.05) is 11.3 Å². The second kappa shape index (κ2) is 5.31. The van der Waals surface area contributed by atoms with Crippen LogP contribution in [0, 0.1) is 0 Å². The molecule has 1 unspecified atom stereocenters. The Morgan fingerprint density at radius 3 is 3.05 bits per heavy atom. The molecule has 3 heterocycles. The Morgan fingerprint density at radius 1 is 1.33 bits per heavy atom. The first-order chi connectivity index (χ1) is 10.3. The van der Waals surface area contributed by atoms with Crippen molar-refractivity contribution in [3.8, 4) is 5.75 Å². The molecule has 4 heteroatoms. The summed E-state index contributed by atoms with van der Waals surface area (Å²) < 4.78 is 5.36. The van der Waals surface area contributed by atoms with Crippen LogP contribution in [0.2, 0.25) is 0 Å². The number of methoxy groups -OCH3 is 1. The highest BCUT2D eigenvalue weighted by atomic mass is 35.5. The average Bonchev–Trinajstić information content (AvgIpc) is 2.94. The number of benzene rings is 1. The fourth-order valence-corrected chi connectivity index (χ4v) is 4.90. The van der Waals surface area contributed by atoms with Gasteiger partial charge in [-0.15, -0.1) is 22.9 Å². The van der Waals surface area contributed by atoms with E-state index in [-0.39, 0.29) is 0 Å². The number of thiophene rings is 1. The van der Waals surface area contributed by atoms with Crippen molar-refractivity contribution >= 4 is 22.9 Å². The van der Waals surface area contributed by atoms with Crippen LogP contribution in [-0.2, 0) is 25.3 Å². The van der Waals surface area contributed by atoms with Crippen LogP contribution in [0.1, 0.15) is 32.5 Å². The molecular formula is C17H18ClNOS. The van der Waals surface area contributed by atoms with E-state index in [9.17, 15) is 0 Å². The maximum Gasteiger partial charge on any atom is 0.119 e. The molecule has 1 atom stereocenters. The maximum absolute atomic E-state index is 6.00. The predicted octanol–water partition coefficient (Wildman–Crippen LogP) is 4.15. The summed E-state index contributed by atoms with van der Waals surface area (Å²) in [4.78, 5) is 5.44. The lowest BCUT2D eigenvalue weighted by atomic mass is 9.87. The van der Waals surface area contributed by atoms with Gasteiger partial charge in [-0.05, 0) is 41.3 Å². The van der Waals surface area contributed by atoms with E-state index in [0.717, 1.165) is 31.7 Å². The molecule has 0 radical (unpaired) electrons. The van der Waals surface area contributed by atoms with E-state index in [1.165, 1.54) is 26.4 Å². The van der Waals surface area contributed by atoms with Gasteiger partial charge in [0.2, 0.25) is 0 Å². The van der Waals surface area contributed by atoms with Crippen molar-refractivity contribution in [2.45, 2.75) is 31.3 Å². The number of nitrogens with zero attached hydrogens (tertiary/aromatic N) is 1. The Balaban J connectivity index is 1.71. The molecular weight excluding hydrogens is 302 g/mol. The van der Waals surface area contributed by atoms with Gasteiger partial charge in [-0.25, -0.2) is 0 Å². The van der Waals surface area contributed by atoms with E-state index >= 15 is 0 Å². The number of alkyl halides is 1. The smallest absolute Gasteiger partial charge is 0.119 e. The molecule has 2 aliphatic rings. The van der Waals surface area contributed by atoms with Crippen LogP contribution in [0.25, 0.3) is 0 Å². The minimum absolute atomic E-state index is 0.522. The van der Waals surface area contributed by atoms with E-state index < -0.39 is 0 Å². The summed E-state index contributed by atoms with van der Waals surface area (Å²) in [6, 6.07) is 9.38. The van der Waals surface area contributed by atoms with Crippen molar-refractivity contribution in [3.63, 3.8) is 0 Å². The molecule has 1 aromatic heterocycles. The van der Waals surface area contributed by atoms with E-state index in [4.69, 9.17) is 16.3 Å². The monoisotopic (exact) mass is 319 g/mol. The average molecular weight is 320 g/mol. The molecule has 2 aliphatic heterocycles. The van der Waals surface area contributed by atoms with Gasteiger partial charge in [0.1, 0.15) is 5.75 Å². The second-order valence-corrected chi connectivity index (χ2v) is 7.29. The van der Waals surface area contributed by atoms with Crippen LogP contribution in [0.3, 0.4) is 0 Å². The zero-order valence-corrected chi connectivity index (χ0v) is 13.6. The Bertz CT molecular complexity index is 681. The molecule has 1 aromatic carbocycles. The number of halogens is 1. The zero-order chi connectivity index (χ0) is 14.4. The highest BCUT2D eigenvalue weighted by Crippen LogP contribution is 2.41. The van der Waals surface area contributed by atoms with Gasteiger partial charge in [-0.1, -0.05) is 6.07 Å². The first kappa shape index (κ1) is 13.6. The summed E-state index contributed by atoms with van der Waals surface area (Å²) in [7, 11) is 1.74. The largest absolute Gasteiger partial charge is 0.497 e. The molecule has 2 nitrogen and oxygen atoms in total. The topological polar surface area (TPSA) is 12.5 Å². The van der Waals surface area contributed by atoms with Crippen molar-refractivity contribution in [1.82, 2.24) is 4.90 Å². The highest BCUT2D eigenvalue weighted by Gasteiger charge is 2.33. The predicted molar refractivity (Wildman–Crippen MR) is 87.4 cm³/mol. The van der Waals surface area contributed by atoms with E-state index in [1.54, 1.807) is 7.11 Å². The quantitative estimate of drug-likeness (QED) is 0.771. The third-order valence-corrected chi connectivity index (χ3v) is 6.30. The molecule has 0 fully saturated rings. The van der Waals surface area contributed by atoms with Gasteiger partial charge in [0, 0.05) is 35.3 Å². The van der Waals surface area contributed by atoms with E-state index in [2.05, 4.69) is 29.2 Å². The van der Waals surface area contributed by atoms with Gasteiger partial charge in [0.15, 0.2) is 0 Å². The maximum atomic E-state index is 6.00. The summed E-state index contributed by atoms with van der Waals surface area (Å²) in [5.74, 6) is 1.61. The SMILES string of the molecule is COc1ccc2c(c1)CCN1Cc3cc(CCl)sc3CC21. The normalized spacial score (nSPS) is 20.6. The van der Waals surface area contributed by atoms with Gasteiger partial charge in [0.05, 0.1) is 13.0 Å². The summed E-state index contributed by atoms with van der Waals surface area (Å²) in [6.45, 7) is 2.20. The van der Waals surface area contributed by atoms with Crippen molar-refractivity contribution in [3.05, 3.63) is 50.7 Å². The third-order valence-electron chi connectivity index (χ3n) is 4.65. The standard InChI is InChI=1S/C17H18ClNOS/c1-20-13-2-3-15-11(6-13)4-5-19-10-12-7-14(9-18)21-17(12)8-16(15)19/h2-3,6-7,16H,4-5,8-10H2,1H3. The number of ether oxygens (including phenoxy) is 1. The third kappa shape index (κ3) is 2.28. The van der Waals surface area contributed by atoms with Gasteiger partial charge in [-0.3, -0.25) is 4.90 Å². The van der Waals surface area contributed by atoms with Gasteiger partial charge in [0.25, 0.3) is 0 Å². The van der Waals surface area contributed by atoms with Crippen molar-refractivity contribution in [1.29, 1.82) is 0 Å². The van der Waals surface area contributed by atoms with Crippen molar-refractivity contribution < 1.29 is 4.74 Å². The molecule has 0 saturated heterocycles. The van der Waals surface area contributed by atoms with Crippen LogP contribution in [-0.4, -0.2) is 18.6 Å². The number of fused-ring (bicyclic) bond motifs is 4. The van der Waals surface area contributed by atoms with Crippen LogP contribution in [0.5, 0.6) is 5.75 Å². The molecule has 2 aromatic rings. The van der Waals surface area contributed by atoms with Gasteiger partial charge >= 0.3 is 0 Å². The number of hydrogen-bond acceptors (Lipinski definition) is 3. The van der Waals surface area contributed by atoms with Crippen LogP contribution < -0.4 is 4.74 Å². The van der Waals surface area contributed by atoms with E-state index in [0.29, 0.717) is 11.9 Å². The molecule has 0 saturated carbocycles. The first-order valence-electron chi connectivity index (χ1n) is 7.36. The van der Waals surface area contributed by atoms with Crippen molar-refractivity contribution in [2.24, 2.45) is 0 Å². The number of rotatable bonds is 2. The Morgan fingerprint density at radius 2 is 2.24 bits per heavy atom. The van der Waals surface area contributed by atoms with Crippen LogP contribution >= 0.6 is 22.9 Å². The molecule has 0 spiro atoms. The molecule has 4 rings (SSSR count). The zero-order valence-electron chi connectivity index (χ0n) is 12.1. The van der Waals surface area contributed by atoms with Crippen LogP contribution in [0.15, 0.2) is 24.3 Å². The van der Waals surface area contributed by atoms with Gasteiger partial charge < -0.3 is 4.74 Å². The number of hydrogen-bond donors (Lipinski definition) is 0. The summed E-state index contributed by atoms with van der Waals surface area (Å²) in [6.07, 6.45) is 2.24. The first-order valence-corrected chi connectivity index (χ1v) is 8.71. The molecule has 110 valence electrons. The lowest BCUT2D eigenvalue weighted by Crippen LogP contribution is -2.38. The Hall–Kier alpha value is -1.03. The molecule has 0 N–H and O–H groups in total. The Labute approximate surface area is 134 Å². The summed E-state index contributed by atoms with van der Waals surface area (Å²) in [5.41, 5.74) is 4.42. The lowest BCUT2D eigenvalue weighted by molar-refractivity contribution is 0.162. The minimum atomic E-state index is 0.522. The van der Waals surface area contributed by atoms with Gasteiger partial charge in [-0.2, -0.15) is 0 Å². The Kier molecular flexibility index (Phi) is 3.44. The summed E-state index contributed by atoms with van der Waals surface area (Å²) >= 11 is 7.89. The second-order valence-electron chi connectivity index (χ2n) is 5.80. The highest BCUT2D eigenvalue weighted by molar-refractivity contribution is 7.12. The lowest BCUT2D eigenvalue weighted by Gasteiger charge is -2.40. The van der Waals surface area contributed by atoms with Crippen LogP contribution in [0.4, 0.5) is 0 Å². The molecule has 21 heavy (non-hydrogen) atoms.